The summed E-state index contributed by atoms with van der Waals surface area (Å²) in [5.74, 6) is -0.757. The van der Waals surface area contributed by atoms with Crippen molar-refractivity contribution in [3.63, 3.8) is 0 Å². The third-order valence-corrected chi connectivity index (χ3v) is 3.03. The van der Waals surface area contributed by atoms with E-state index in [-0.39, 0.29) is 18.6 Å². The maximum atomic E-state index is 12.6. The van der Waals surface area contributed by atoms with Crippen molar-refractivity contribution < 1.29 is 27.8 Å². The number of fused-ring (bicyclic) bond motifs is 1. The first-order valence-electron chi connectivity index (χ1n) is 5.29. The van der Waals surface area contributed by atoms with E-state index in [1.165, 1.54) is 13.0 Å². The highest BCUT2D eigenvalue weighted by Gasteiger charge is 2.40. The lowest BCUT2D eigenvalue weighted by Gasteiger charge is -2.31. The number of carbonyl (C=O) groups is 1. The maximum absolute atomic E-state index is 12.6. The Morgan fingerprint density at radius 3 is 2.67 bits per heavy atom. The summed E-state index contributed by atoms with van der Waals surface area (Å²) in [4.78, 5) is 11.1. The Labute approximate surface area is 101 Å². The number of hydrogen-bond donors (Lipinski definition) is 1. The molecule has 18 heavy (non-hydrogen) atoms. The molecule has 1 aromatic rings. The van der Waals surface area contributed by atoms with Crippen LogP contribution in [0.15, 0.2) is 18.2 Å². The number of benzene rings is 1. The van der Waals surface area contributed by atoms with Crippen LogP contribution in [0.5, 0.6) is 5.75 Å². The van der Waals surface area contributed by atoms with Crippen molar-refractivity contribution in [1.82, 2.24) is 0 Å². The Kier molecular flexibility index (Phi) is 2.76. The summed E-state index contributed by atoms with van der Waals surface area (Å²) in [6, 6.07) is 3.12. The van der Waals surface area contributed by atoms with Crippen molar-refractivity contribution in [2.45, 2.75) is 19.5 Å². The van der Waals surface area contributed by atoms with E-state index in [0.717, 1.165) is 12.1 Å². The third kappa shape index (κ3) is 2.14. The molecular weight excluding hydrogens is 249 g/mol. The standard InChI is InChI=1S/C12H11F3O3/c1-11(10(16)17)5-7-4-8(12(13,14)15)2-3-9(7)18-6-11/h2-4H,5-6H2,1H3,(H,16,17). The second kappa shape index (κ2) is 3.90. The first-order valence-corrected chi connectivity index (χ1v) is 5.29. The Balaban J connectivity index is 2.39. The molecule has 1 aliphatic rings. The normalized spacial score (nSPS) is 23.1. The Bertz CT molecular complexity index is 496. The SMILES string of the molecule is CC1(C(=O)O)COc2ccc(C(F)(F)F)cc2C1. The molecule has 3 nitrogen and oxygen atoms in total. The van der Waals surface area contributed by atoms with Crippen molar-refractivity contribution in [2.24, 2.45) is 5.41 Å². The van der Waals surface area contributed by atoms with Gasteiger partial charge < -0.3 is 9.84 Å². The molecule has 0 saturated carbocycles. The van der Waals surface area contributed by atoms with Gasteiger partial charge in [0, 0.05) is 0 Å². The molecule has 0 aliphatic carbocycles. The van der Waals surface area contributed by atoms with Gasteiger partial charge in [0.2, 0.25) is 0 Å². The highest BCUT2D eigenvalue weighted by Crippen LogP contribution is 2.38. The highest BCUT2D eigenvalue weighted by molar-refractivity contribution is 5.75. The lowest BCUT2D eigenvalue weighted by Crippen LogP contribution is -2.39. The second-order valence-corrected chi connectivity index (χ2v) is 4.65. The molecule has 6 heteroatoms. The quantitative estimate of drug-likeness (QED) is 0.844. The van der Waals surface area contributed by atoms with E-state index in [1.54, 1.807) is 0 Å². The van der Waals surface area contributed by atoms with Crippen LogP contribution in [0.1, 0.15) is 18.1 Å². The zero-order chi connectivity index (χ0) is 13.6. The Morgan fingerprint density at radius 2 is 2.11 bits per heavy atom. The van der Waals surface area contributed by atoms with Gasteiger partial charge in [-0.2, -0.15) is 13.2 Å². The van der Waals surface area contributed by atoms with Gasteiger partial charge >= 0.3 is 12.1 Å². The van der Waals surface area contributed by atoms with E-state index in [0.29, 0.717) is 5.75 Å². The monoisotopic (exact) mass is 260 g/mol. The molecule has 0 fully saturated rings. The average Bonchev–Trinajstić information content (AvgIpc) is 2.26. The first kappa shape index (κ1) is 12.7. The van der Waals surface area contributed by atoms with E-state index >= 15 is 0 Å². The predicted molar refractivity (Wildman–Crippen MR) is 56.4 cm³/mol. The minimum absolute atomic E-state index is 0.0294. The van der Waals surface area contributed by atoms with Gasteiger partial charge in [-0.15, -0.1) is 0 Å². The molecule has 1 heterocycles. The summed E-state index contributed by atoms with van der Waals surface area (Å²) in [6.07, 6.45) is -4.41. The molecule has 0 aromatic heterocycles. The van der Waals surface area contributed by atoms with Gasteiger partial charge in [-0.05, 0) is 37.1 Å². The van der Waals surface area contributed by atoms with Crippen LogP contribution in [-0.4, -0.2) is 17.7 Å². The molecule has 0 spiro atoms. The zero-order valence-corrected chi connectivity index (χ0v) is 9.54. The summed E-state index contributed by atoms with van der Waals surface area (Å²) in [6.45, 7) is 1.42. The number of alkyl halides is 3. The summed E-state index contributed by atoms with van der Waals surface area (Å²) in [7, 11) is 0. The van der Waals surface area contributed by atoms with E-state index in [9.17, 15) is 18.0 Å². The van der Waals surface area contributed by atoms with Gasteiger partial charge in [-0.1, -0.05) is 0 Å². The Hall–Kier alpha value is -1.72. The fourth-order valence-electron chi connectivity index (χ4n) is 1.88. The van der Waals surface area contributed by atoms with Crippen LogP contribution in [-0.2, 0) is 17.4 Å². The average molecular weight is 260 g/mol. The van der Waals surface area contributed by atoms with Crippen molar-refractivity contribution in [1.29, 1.82) is 0 Å². The molecule has 1 unspecified atom stereocenters. The summed E-state index contributed by atoms with van der Waals surface area (Å²) in [5, 5.41) is 9.05. The fraction of sp³-hybridized carbons (Fsp3) is 0.417. The molecule has 1 aliphatic heterocycles. The van der Waals surface area contributed by atoms with Gasteiger partial charge in [0.1, 0.15) is 17.8 Å². The van der Waals surface area contributed by atoms with E-state index in [1.807, 2.05) is 0 Å². The molecule has 1 aromatic carbocycles. The molecule has 1 atom stereocenters. The maximum Gasteiger partial charge on any atom is 0.416 e. The number of carboxylic acid groups (broad SMARTS) is 1. The number of carboxylic acids is 1. The van der Waals surface area contributed by atoms with Crippen LogP contribution in [0.2, 0.25) is 0 Å². The minimum Gasteiger partial charge on any atom is -0.492 e. The lowest BCUT2D eigenvalue weighted by molar-refractivity contribution is -0.150. The molecule has 0 radical (unpaired) electrons. The molecule has 98 valence electrons. The van der Waals surface area contributed by atoms with Crippen LogP contribution in [0.3, 0.4) is 0 Å². The molecule has 1 N–H and O–H groups in total. The smallest absolute Gasteiger partial charge is 0.416 e. The van der Waals surface area contributed by atoms with Crippen LogP contribution in [0, 0.1) is 5.41 Å². The largest absolute Gasteiger partial charge is 0.492 e. The first-order chi connectivity index (χ1) is 8.22. The van der Waals surface area contributed by atoms with E-state index in [4.69, 9.17) is 9.84 Å². The third-order valence-electron chi connectivity index (χ3n) is 3.03. The molecule has 0 saturated heterocycles. The molecule has 2 rings (SSSR count). The van der Waals surface area contributed by atoms with Crippen LogP contribution < -0.4 is 4.74 Å². The van der Waals surface area contributed by atoms with Gasteiger partial charge in [0.25, 0.3) is 0 Å². The van der Waals surface area contributed by atoms with E-state index < -0.39 is 23.1 Å². The van der Waals surface area contributed by atoms with Crippen molar-refractivity contribution in [2.75, 3.05) is 6.61 Å². The molecule has 0 bridgehead atoms. The van der Waals surface area contributed by atoms with Crippen LogP contribution in [0.25, 0.3) is 0 Å². The minimum atomic E-state index is -4.44. The number of aliphatic carboxylic acids is 1. The number of halogens is 3. The highest BCUT2D eigenvalue weighted by atomic mass is 19.4. The Morgan fingerprint density at radius 1 is 1.44 bits per heavy atom. The topological polar surface area (TPSA) is 46.5 Å². The summed E-state index contributed by atoms with van der Waals surface area (Å²) < 4.78 is 42.9. The predicted octanol–water partition coefficient (Wildman–Crippen LogP) is 2.73. The second-order valence-electron chi connectivity index (χ2n) is 4.65. The van der Waals surface area contributed by atoms with Crippen molar-refractivity contribution >= 4 is 5.97 Å². The van der Waals surface area contributed by atoms with Crippen molar-refractivity contribution in [3.05, 3.63) is 29.3 Å². The lowest BCUT2D eigenvalue weighted by atomic mass is 9.82. The van der Waals surface area contributed by atoms with Gasteiger partial charge in [0.05, 0.1) is 5.56 Å². The van der Waals surface area contributed by atoms with Gasteiger partial charge in [0.15, 0.2) is 0 Å². The van der Waals surface area contributed by atoms with Crippen LogP contribution >= 0.6 is 0 Å². The fourth-order valence-corrected chi connectivity index (χ4v) is 1.88. The van der Waals surface area contributed by atoms with Crippen LogP contribution in [0.4, 0.5) is 13.2 Å². The summed E-state index contributed by atoms with van der Waals surface area (Å²) in [5.41, 5.74) is -1.70. The van der Waals surface area contributed by atoms with Crippen molar-refractivity contribution in [3.8, 4) is 5.75 Å². The molecular formula is C12H11F3O3. The molecule has 0 amide bonds. The van der Waals surface area contributed by atoms with E-state index in [2.05, 4.69) is 0 Å². The summed E-state index contributed by atoms with van der Waals surface area (Å²) >= 11 is 0. The van der Waals surface area contributed by atoms with Gasteiger partial charge in [-0.3, -0.25) is 4.79 Å². The number of hydrogen-bond acceptors (Lipinski definition) is 2. The number of rotatable bonds is 1. The zero-order valence-electron chi connectivity index (χ0n) is 9.54. The number of ether oxygens (including phenoxy) is 1. The van der Waals surface area contributed by atoms with Gasteiger partial charge in [-0.25, -0.2) is 0 Å².